The average molecular weight is 215 g/mol. The number of aryl methyl sites for hydroxylation is 1. The van der Waals surface area contributed by atoms with Crippen LogP contribution in [0.2, 0.25) is 0 Å². The van der Waals surface area contributed by atoms with Crippen LogP contribution in [0.25, 0.3) is 0 Å². The van der Waals surface area contributed by atoms with Gasteiger partial charge in [0.15, 0.2) is 0 Å². The van der Waals surface area contributed by atoms with Gasteiger partial charge in [0, 0.05) is 5.71 Å². The van der Waals surface area contributed by atoms with Gasteiger partial charge in [-0.15, -0.1) is 0 Å². The zero-order valence-corrected chi connectivity index (χ0v) is 10.4. The SMILES string of the molecule is CC(=Nc1cccc(C)c1)C1CCCCC1. The van der Waals surface area contributed by atoms with E-state index in [0.717, 1.165) is 11.6 Å². The van der Waals surface area contributed by atoms with Crippen LogP contribution in [0.5, 0.6) is 0 Å². The van der Waals surface area contributed by atoms with E-state index in [4.69, 9.17) is 4.99 Å². The lowest BCUT2D eigenvalue weighted by atomic mass is 9.86. The minimum atomic E-state index is 0.731. The molecule has 86 valence electrons. The van der Waals surface area contributed by atoms with Crippen LogP contribution >= 0.6 is 0 Å². The number of benzene rings is 1. The third kappa shape index (κ3) is 2.94. The maximum Gasteiger partial charge on any atom is 0.0631 e. The number of nitrogens with zero attached hydrogens (tertiary/aromatic N) is 1. The molecule has 0 unspecified atom stereocenters. The van der Waals surface area contributed by atoms with E-state index in [1.165, 1.54) is 43.4 Å². The summed E-state index contributed by atoms with van der Waals surface area (Å²) >= 11 is 0. The fourth-order valence-corrected chi connectivity index (χ4v) is 2.51. The van der Waals surface area contributed by atoms with E-state index in [0.29, 0.717) is 0 Å². The summed E-state index contributed by atoms with van der Waals surface area (Å²) in [5, 5.41) is 0. The molecule has 0 aliphatic heterocycles. The molecule has 1 nitrogen and oxygen atoms in total. The lowest BCUT2D eigenvalue weighted by Gasteiger charge is -2.21. The molecule has 0 heterocycles. The molecule has 0 spiro atoms. The van der Waals surface area contributed by atoms with Crippen LogP contribution in [0.3, 0.4) is 0 Å². The first kappa shape index (κ1) is 11.4. The topological polar surface area (TPSA) is 12.4 Å². The van der Waals surface area contributed by atoms with Crippen LogP contribution in [0, 0.1) is 12.8 Å². The van der Waals surface area contributed by atoms with Gasteiger partial charge in [0.05, 0.1) is 5.69 Å². The number of aliphatic imine (C=N–C) groups is 1. The molecule has 1 saturated carbocycles. The maximum absolute atomic E-state index is 4.76. The first-order valence-electron chi connectivity index (χ1n) is 6.37. The van der Waals surface area contributed by atoms with Gasteiger partial charge in [-0.3, -0.25) is 4.99 Å². The highest BCUT2D eigenvalue weighted by molar-refractivity contribution is 5.86. The average Bonchev–Trinajstić information content (AvgIpc) is 2.30. The summed E-state index contributed by atoms with van der Waals surface area (Å²) in [7, 11) is 0. The highest BCUT2D eigenvalue weighted by Crippen LogP contribution is 2.26. The van der Waals surface area contributed by atoms with Gasteiger partial charge in [0.25, 0.3) is 0 Å². The summed E-state index contributed by atoms with van der Waals surface area (Å²) in [6, 6.07) is 8.46. The molecule has 1 aromatic rings. The Balaban J connectivity index is 2.10. The first-order valence-corrected chi connectivity index (χ1v) is 6.37. The number of hydrogen-bond donors (Lipinski definition) is 0. The van der Waals surface area contributed by atoms with Gasteiger partial charge in [0.1, 0.15) is 0 Å². The molecule has 0 saturated heterocycles. The van der Waals surface area contributed by atoms with E-state index < -0.39 is 0 Å². The largest absolute Gasteiger partial charge is 0.258 e. The zero-order valence-electron chi connectivity index (χ0n) is 10.4. The van der Waals surface area contributed by atoms with Crippen molar-refractivity contribution in [2.75, 3.05) is 0 Å². The van der Waals surface area contributed by atoms with Crippen molar-refractivity contribution in [2.24, 2.45) is 10.9 Å². The third-order valence-electron chi connectivity index (χ3n) is 3.50. The van der Waals surface area contributed by atoms with Crippen molar-refractivity contribution in [2.45, 2.75) is 46.0 Å². The van der Waals surface area contributed by atoms with Crippen LogP contribution in [0.15, 0.2) is 29.3 Å². The second-order valence-corrected chi connectivity index (χ2v) is 4.93. The lowest BCUT2D eigenvalue weighted by molar-refractivity contribution is 0.438. The Morgan fingerprint density at radius 3 is 2.62 bits per heavy atom. The molecule has 0 radical (unpaired) electrons. The second-order valence-electron chi connectivity index (χ2n) is 4.93. The monoisotopic (exact) mass is 215 g/mol. The molecule has 16 heavy (non-hydrogen) atoms. The summed E-state index contributed by atoms with van der Waals surface area (Å²) in [5.41, 5.74) is 3.73. The fourth-order valence-electron chi connectivity index (χ4n) is 2.51. The minimum absolute atomic E-state index is 0.731. The molecule has 0 bridgehead atoms. The molecular weight excluding hydrogens is 194 g/mol. The molecule has 0 amide bonds. The Hall–Kier alpha value is -1.11. The summed E-state index contributed by atoms with van der Waals surface area (Å²) in [6.07, 6.45) is 6.84. The smallest absolute Gasteiger partial charge is 0.0631 e. The van der Waals surface area contributed by atoms with Crippen LogP contribution in [0.4, 0.5) is 5.69 Å². The predicted octanol–water partition coefficient (Wildman–Crippen LogP) is 4.67. The molecule has 1 heteroatoms. The number of rotatable bonds is 2. The van der Waals surface area contributed by atoms with Crippen LogP contribution in [-0.2, 0) is 0 Å². The van der Waals surface area contributed by atoms with Crippen LogP contribution < -0.4 is 0 Å². The zero-order chi connectivity index (χ0) is 11.4. The van der Waals surface area contributed by atoms with Gasteiger partial charge in [0.2, 0.25) is 0 Å². The van der Waals surface area contributed by atoms with Gasteiger partial charge in [-0.05, 0) is 50.3 Å². The first-order chi connectivity index (χ1) is 7.75. The van der Waals surface area contributed by atoms with Crippen molar-refractivity contribution in [3.8, 4) is 0 Å². The normalized spacial score (nSPS) is 18.8. The molecule has 0 atom stereocenters. The van der Waals surface area contributed by atoms with E-state index in [-0.39, 0.29) is 0 Å². The van der Waals surface area contributed by atoms with E-state index in [2.05, 4.69) is 38.1 Å². The van der Waals surface area contributed by atoms with Crippen molar-refractivity contribution < 1.29 is 0 Å². The second kappa shape index (κ2) is 5.29. The van der Waals surface area contributed by atoms with Crippen molar-refractivity contribution in [3.63, 3.8) is 0 Å². The van der Waals surface area contributed by atoms with Gasteiger partial charge in [-0.2, -0.15) is 0 Å². The number of hydrogen-bond acceptors (Lipinski definition) is 1. The summed E-state index contributed by atoms with van der Waals surface area (Å²) < 4.78 is 0. The highest BCUT2D eigenvalue weighted by atomic mass is 14.7. The summed E-state index contributed by atoms with van der Waals surface area (Å²) in [5.74, 6) is 0.731. The molecule has 1 aromatic carbocycles. The quantitative estimate of drug-likeness (QED) is 0.636. The molecule has 1 aliphatic carbocycles. The Bertz CT molecular complexity index is 373. The molecule has 0 aromatic heterocycles. The summed E-state index contributed by atoms with van der Waals surface area (Å²) in [4.78, 5) is 4.76. The van der Waals surface area contributed by atoms with Crippen molar-refractivity contribution >= 4 is 11.4 Å². The molecule has 0 N–H and O–H groups in total. The van der Waals surface area contributed by atoms with E-state index >= 15 is 0 Å². The van der Waals surface area contributed by atoms with Crippen molar-refractivity contribution in [1.82, 2.24) is 0 Å². The summed E-state index contributed by atoms with van der Waals surface area (Å²) in [6.45, 7) is 4.31. The van der Waals surface area contributed by atoms with Gasteiger partial charge in [-0.25, -0.2) is 0 Å². The van der Waals surface area contributed by atoms with Gasteiger partial charge in [-0.1, -0.05) is 31.4 Å². The third-order valence-corrected chi connectivity index (χ3v) is 3.50. The minimum Gasteiger partial charge on any atom is -0.258 e. The Morgan fingerprint density at radius 2 is 1.94 bits per heavy atom. The highest BCUT2D eigenvalue weighted by Gasteiger charge is 2.15. The Morgan fingerprint density at radius 1 is 1.19 bits per heavy atom. The Kier molecular flexibility index (Phi) is 3.76. The van der Waals surface area contributed by atoms with E-state index in [9.17, 15) is 0 Å². The molecule has 2 rings (SSSR count). The lowest BCUT2D eigenvalue weighted by Crippen LogP contribution is -2.14. The van der Waals surface area contributed by atoms with Crippen molar-refractivity contribution in [1.29, 1.82) is 0 Å². The van der Waals surface area contributed by atoms with Crippen LogP contribution in [0.1, 0.15) is 44.6 Å². The predicted molar refractivity (Wildman–Crippen MR) is 70.5 cm³/mol. The van der Waals surface area contributed by atoms with Crippen molar-refractivity contribution in [3.05, 3.63) is 29.8 Å². The Labute approximate surface area is 98.6 Å². The molecule has 1 fully saturated rings. The molecule has 1 aliphatic rings. The van der Waals surface area contributed by atoms with Gasteiger partial charge < -0.3 is 0 Å². The molecular formula is C15H21N. The van der Waals surface area contributed by atoms with E-state index in [1.54, 1.807) is 0 Å². The van der Waals surface area contributed by atoms with Gasteiger partial charge >= 0.3 is 0 Å². The van der Waals surface area contributed by atoms with Crippen LogP contribution in [-0.4, -0.2) is 5.71 Å². The maximum atomic E-state index is 4.76. The standard InChI is InChI=1S/C15H21N/c1-12-7-6-10-15(11-12)16-13(2)14-8-4-3-5-9-14/h6-7,10-11,14H,3-5,8-9H2,1-2H3. The fraction of sp³-hybridized carbons (Fsp3) is 0.533. The van der Waals surface area contributed by atoms with E-state index in [1.807, 2.05) is 0 Å².